The Balaban J connectivity index is 2.09. The van der Waals surface area contributed by atoms with Gasteiger partial charge in [-0.3, -0.25) is 4.79 Å². The molecule has 1 rings (SSSR count). The van der Waals surface area contributed by atoms with Crippen molar-refractivity contribution in [2.75, 3.05) is 46.8 Å². The third-order valence-electron chi connectivity index (χ3n) is 4.49. The average molecular weight is 285 g/mol. The van der Waals surface area contributed by atoms with Gasteiger partial charge in [-0.15, -0.1) is 0 Å². The minimum absolute atomic E-state index is 0.679. The van der Waals surface area contributed by atoms with Gasteiger partial charge < -0.3 is 20.2 Å². The molecule has 0 radical (unpaired) electrons. The van der Waals surface area contributed by atoms with Gasteiger partial charge in [-0.1, -0.05) is 0 Å². The number of hydrogen-bond donors (Lipinski definition) is 2. The summed E-state index contributed by atoms with van der Waals surface area (Å²) in [4.78, 5) is 16.0. The van der Waals surface area contributed by atoms with Gasteiger partial charge in [0.1, 0.15) is 5.54 Å². The molecule has 5 heteroatoms. The van der Waals surface area contributed by atoms with Crippen LogP contribution >= 0.6 is 0 Å². The number of unbranched alkanes of at least 4 members (excludes halogenated alkanes) is 1. The Morgan fingerprint density at radius 2 is 1.95 bits per heavy atom. The third kappa shape index (κ3) is 5.77. The fourth-order valence-electron chi connectivity index (χ4n) is 2.63. The summed E-state index contributed by atoms with van der Waals surface area (Å²) >= 11 is 0. The summed E-state index contributed by atoms with van der Waals surface area (Å²) in [5.41, 5.74) is -0.784. The molecule has 1 fully saturated rings. The maximum Gasteiger partial charge on any atom is 0.323 e. The molecular formula is C15H31N3O2. The Labute approximate surface area is 123 Å². The highest BCUT2D eigenvalue weighted by atomic mass is 16.4. The van der Waals surface area contributed by atoms with Crippen LogP contribution in [0.4, 0.5) is 0 Å². The predicted molar refractivity (Wildman–Crippen MR) is 82.1 cm³/mol. The molecule has 118 valence electrons. The SMILES string of the molecule is CNC(C)(CCCCN(C)CCN1CCCC1)C(=O)O. The summed E-state index contributed by atoms with van der Waals surface area (Å²) in [6.07, 6.45) is 5.38. The van der Waals surface area contributed by atoms with E-state index in [1.807, 2.05) is 0 Å². The van der Waals surface area contributed by atoms with Crippen molar-refractivity contribution in [2.24, 2.45) is 0 Å². The van der Waals surface area contributed by atoms with Crippen LogP contribution in [0.5, 0.6) is 0 Å². The molecule has 1 atom stereocenters. The highest BCUT2D eigenvalue weighted by molar-refractivity contribution is 5.78. The molecule has 0 amide bonds. The molecule has 0 saturated carbocycles. The zero-order valence-electron chi connectivity index (χ0n) is 13.3. The molecule has 5 nitrogen and oxygen atoms in total. The summed E-state index contributed by atoms with van der Waals surface area (Å²) in [5, 5.41) is 12.1. The summed E-state index contributed by atoms with van der Waals surface area (Å²) in [5.74, 6) is -0.762. The average Bonchev–Trinajstić information content (AvgIpc) is 2.94. The fourth-order valence-corrected chi connectivity index (χ4v) is 2.63. The van der Waals surface area contributed by atoms with E-state index in [0.717, 1.165) is 25.9 Å². The van der Waals surface area contributed by atoms with E-state index >= 15 is 0 Å². The predicted octanol–water partition coefficient (Wildman–Crippen LogP) is 1.25. The number of carboxylic acids is 1. The molecule has 2 N–H and O–H groups in total. The number of hydrogen-bond acceptors (Lipinski definition) is 4. The summed E-state index contributed by atoms with van der Waals surface area (Å²) < 4.78 is 0. The first-order valence-corrected chi connectivity index (χ1v) is 7.81. The Morgan fingerprint density at radius 1 is 1.30 bits per heavy atom. The minimum Gasteiger partial charge on any atom is -0.480 e. The number of likely N-dealkylation sites (N-methyl/N-ethyl adjacent to an activating group) is 2. The summed E-state index contributed by atoms with van der Waals surface area (Å²) in [7, 11) is 3.88. The second-order valence-electron chi connectivity index (χ2n) is 6.20. The molecule has 20 heavy (non-hydrogen) atoms. The van der Waals surface area contributed by atoms with Crippen LogP contribution in [0.2, 0.25) is 0 Å². The number of likely N-dealkylation sites (tertiary alicyclic amines) is 1. The molecule has 0 aromatic carbocycles. The van der Waals surface area contributed by atoms with Gasteiger partial charge >= 0.3 is 5.97 Å². The topological polar surface area (TPSA) is 55.8 Å². The Morgan fingerprint density at radius 3 is 2.50 bits per heavy atom. The molecule has 1 unspecified atom stereocenters. The molecule has 0 aliphatic carbocycles. The van der Waals surface area contributed by atoms with Crippen molar-refractivity contribution in [2.45, 2.75) is 44.6 Å². The third-order valence-corrected chi connectivity index (χ3v) is 4.49. The molecule has 0 aromatic rings. The first-order valence-electron chi connectivity index (χ1n) is 7.81. The molecule has 0 bridgehead atoms. The number of rotatable bonds is 10. The lowest BCUT2D eigenvalue weighted by Gasteiger charge is -2.25. The maximum absolute atomic E-state index is 11.2. The van der Waals surface area contributed by atoms with Crippen LogP contribution in [0.1, 0.15) is 39.0 Å². The normalized spacial score (nSPS) is 19.4. The van der Waals surface area contributed by atoms with Gasteiger partial charge in [-0.05, 0) is 72.8 Å². The van der Waals surface area contributed by atoms with Crippen molar-refractivity contribution >= 4 is 5.97 Å². The maximum atomic E-state index is 11.2. The lowest BCUT2D eigenvalue weighted by atomic mass is 9.95. The van der Waals surface area contributed by atoms with Crippen molar-refractivity contribution in [1.82, 2.24) is 15.1 Å². The van der Waals surface area contributed by atoms with Crippen molar-refractivity contribution in [3.63, 3.8) is 0 Å². The summed E-state index contributed by atoms with van der Waals surface area (Å²) in [6.45, 7) is 7.60. The zero-order chi connectivity index (χ0) is 15.0. The first kappa shape index (κ1) is 17.4. The van der Waals surface area contributed by atoms with E-state index < -0.39 is 11.5 Å². The van der Waals surface area contributed by atoms with Gasteiger partial charge in [0.25, 0.3) is 0 Å². The van der Waals surface area contributed by atoms with Gasteiger partial charge in [0.2, 0.25) is 0 Å². The van der Waals surface area contributed by atoms with E-state index in [0.29, 0.717) is 6.42 Å². The van der Waals surface area contributed by atoms with Crippen molar-refractivity contribution in [1.29, 1.82) is 0 Å². The largest absolute Gasteiger partial charge is 0.480 e. The Hall–Kier alpha value is -0.650. The van der Waals surface area contributed by atoms with E-state index in [-0.39, 0.29) is 0 Å². The van der Waals surface area contributed by atoms with Crippen LogP contribution in [0.25, 0.3) is 0 Å². The zero-order valence-corrected chi connectivity index (χ0v) is 13.3. The number of carboxylic acid groups (broad SMARTS) is 1. The Bertz CT molecular complexity index is 293. The van der Waals surface area contributed by atoms with Crippen molar-refractivity contribution in [3.8, 4) is 0 Å². The molecule has 0 spiro atoms. The number of carbonyl (C=O) groups is 1. The van der Waals surface area contributed by atoms with Gasteiger partial charge in [0.05, 0.1) is 0 Å². The van der Waals surface area contributed by atoms with Gasteiger partial charge in [-0.2, -0.15) is 0 Å². The van der Waals surface area contributed by atoms with Crippen LogP contribution in [0, 0.1) is 0 Å². The van der Waals surface area contributed by atoms with Crippen LogP contribution in [-0.4, -0.2) is 73.2 Å². The van der Waals surface area contributed by atoms with E-state index in [4.69, 9.17) is 5.11 Å². The lowest BCUT2D eigenvalue weighted by Crippen LogP contribution is -2.47. The van der Waals surface area contributed by atoms with Gasteiger partial charge in [0.15, 0.2) is 0 Å². The van der Waals surface area contributed by atoms with Crippen LogP contribution in [-0.2, 0) is 4.79 Å². The van der Waals surface area contributed by atoms with Crippen molar-refractivity contribution in [3.05, 3.63) is 0 Å². The quantitative estimate of drug-likeness (QED) is 0.592. The van der Waals surface area contributed by atoms with E-state index in [2.05, 4.69) is 22.2 Å². The molecule has 0 aromatic heterocycles. The number of aliphatic carboxylic acids is 1. The summed E-state index contributed by atoms with van der Waals surface area (Å²) in [6, 6.07) is 0. The lowest BCUT2D eigenvalue weighted by molar-refractivity contribution is -0.144. The van der Waals surface area contributed by atoms with E-state index in [1.54, 1.807) is 14.0 Å². The standard InChI is InChI=1S/C15H31N3O2/c1-15(16-2,14(19)20)8-4-5-9-17(3)12-13-18-10-6-7-11-18/h16H,4-13H2,1-3H3,(H,19,20). The fraction of sp³-hybridized carbons (Fsp3) is 0.933. The molecule has 1 saturated heterocycles. The highest BCUT2D eigenvalue weighted by Crippen LogP contribution is 2.14. The van der Waals surface area contributed by atoms with E-state index in [1.165, 1.54) is 32.5 Å². The molecular weight excluding hydrogens is 254 g/mol. The minimum atomic E-state index is -0.784. The number of nitrogens with zero attached hydrogens (tertiary/aromatic N) is 2. The van der Waals surface area contributed by atoms with Gasteiger partial charge in [-0.25, -0.2) is 0 Å². The van der Waals surface area contributed by atoms with E-state index in [9.17, 15) is 4.79 Å². The van der Waals surface area contributed by atoms with Crippen LogP contribution < -0.4 is 5.32 Å². The van der Waals surface area contributed by atoms with Gasteiger partial charge in [0, 0.05) is 13.1 Å². The number of nitrogens with one attached hydrogen (secondary N) is 1. The molecule has 1 aliphatic rings. The molecule has 1 aliphatic heterocycles. The second-order valence-corrected chi connectivity index (χ2v) is 6.20. The monoisotopic (exact) mass is 285 g/mol. The van der Waals surface area contributed by atoms with Crippen LogP contribution in [0.3, 0.4) is 0 Å². The first-order chi connectivity index (χ1) is 9.48. The highest BCUT2D eigenvalue weighted by Gasteiger charge is 2.30. The smallest absolute Gasteiger partial charge is 0.323 e. The molecule has 1 heterocycles. The van der Waals surface area contributed by atoms with Crippen molar-refractivity contribution < 1.29 is 9.90 Å². The Kier molecular flexibility index (Phi) is 7.48. The second kappa shape index (κ2) is 8.60. The van der Waals surface area contributed by atoms with Crippen LogP contribution in [0.15, 0.2) is 0 Å².